The Bertz CT molecular complexity index is 1000. The lowest BCUT2D eigenvalue weighted by molar-refractivity contribution is 0.0887. The van der Waals surface area contributed by atoms with Crippen LogP contribution in [0.25, 0.3) is 10.9 Å². The van der Waals surface area contributed by atoms with Crippen LogP contribution in [0.4, 0.5) is 4.39 Å². The van der Waals surface area contributed by atoms with Crippen LogP contribution in [0.1, 0.15) is 61.7 Å². The largest absolute Gasteiger partial charge is 0.351 e. The lowest BCUT2D eigenvalue weighted by Gasteiger charge is -2.26. The maximum absolute atomic E-state index is 13.5. The summed E-state index contributed by atoms with van der Waals surface area (Å²) in [4.78, 5) is 22.8. The van der Waals surface area contributed by atoms with E-state index in [-0.39, 0.29) is 11.7 Å². The number of amides is 1. The van der Waals surface area contributed by atoms with Crippen LogP contribution in [0.5, 0.6) is 0 Å². The Morgan fingerprint density at radius 1 is 1.28 bits per heavy atom. The number of aromatic amines is 1. The summed E-state index contributed by atoms with van der Waals surface area (Å²) in [5.74, 6) is 0.514. The van der Waals surface area contributed by atoms with Gasteiger partial charge in [-0.3, -0.25) is 9.69 Å². The fourth-order valence-corrected chi connectivity index (χ4v) is 4.05. The number of hydrogen-bond donors (Lipinski definition) is 2. The van der Waals surface area contributed by atoms with E-state index in [0.29, 0.717) is 29.3 Å². The fraction of sp³-hybridized carbons (Fsp3) is 0.476. The van der Waals surface area contributed by atoms with Gasteiger partial charge in [0.2, 0.25) is 5.89 Å². The van der Waals surface area contributed by atoms with Gasteiger partial charge >= 0.3 is 0 Å². The van der Waals surface area contributed by atoms with Gasteiger partial charge < -0.3 is 14.8 Å². The molecule has 1 saturated carbocycles. The van der Waals surface area contributed by atoms with Gasteiger partial charge in [-0.05, 0) is 50.2 Å². The van der Waals surface area contributed by atoms with Gasteiger partial charge in [0.1, 0.15) is 17.1 Å². The molecule has 2 N–H and O–H groups in total. The van der Waals surface area contributed by atoms with Crippen molar-refractivity contribution in [3.63, 3.8) is 0 Å². The standard InChI is InChI=1S/C21H26FN5O2/c1-3-27(4-2)13-18-24-20(26-29-18)21(9-5-6-10-21)25-19(28)17-12-14-11-15(22)7-8-16(14)23-17/h7-8,11-12,23H,3-6,9-10,13H2,1-2H3,(H,25,28). The van der Waals surface area contributed by atoms with Crippen LogP contribution in [0.15, 0.2) is 28.8 Å². The first-order valence-corrected chi connectivity index (χ1v) is 10.2. The van der Waals surface area contributed by atoms with E-state index in [4.69, 9.17) is 4.52 Å². The smallest absolute Gasteiger partial charge is 0.268 e. The van der Waals surface area contributed by atoms with E-state index in [2.05, 4.69) is 39.2 Å². The molecule has 8 heteroatoms. The fourth-order valence-electron chi connectivity index (χ4n) is 4.05. The molecule has 7 nitrogen and oxygen atoms in total. The van der Waals surface area contributed by atoms with E-state index >= 15 is 0 Å². The minimum absolute atomic E-state index is 0.251. The van der Waals surface area contributed by atoms with Gasteiger partial charge in [-0.2, -0.15) is 4.98 Å². The van der Waals surface area contributed by atoms with Gasteiger partial charge in [0.05, 0.1) is 6.54 Å². The zero-order valence-corrected chi connectivity index (χ0v) is 16.8. The van der Waals surface area contributed by atoms with Crippen molar-refractivity contribution in [3.8, 4) is 0 Å². The molecule has 154 valence electrons. The lowest BCUT2D eigenvalue weighted by atomic mass is 9.96. The molecule has 0 spiro atoms. The van der Waals surface area contributed by atoms with Crippen LogP contribution < -0.4 is 5.32 Å². The molecule has 1 aromatic carbocycles. The molecule has 4 rings (SSSR count). The third-order valence-electron chi connectivity index (χ3n) is 5.79. The van der Waals surface area contributed by atoms with Crippen LogP contribution >= 0.6 is 0 Å². The quantitative estimate of drug-likeness (QED) is 0.632. The average molecular weight is 399 g/mol. The molecule has 0 aliphatic heterocycles. The highest BCUT2D eigenvalue weighted by atomic mass is 19.1. The van der Waals surface area contributed by atoms with E-state index in [1.165, 1.54) is 12.1 Å². The van der Waals surface area contributed by atoms with Crippen molar-refractivity contribution in [1.82, 2.24) is 25.3 Å². The lowest BCUT2D eigenvalue weighted by Crippen LogP contribution is -2.44. The number of nitrogens with zero attached hydrogens (tertiary/aromatic N) is 3. The maximum Gasteiger partial charge on any atom is 0.268 e. The number of rotatable bonds is 7. The molecule has 0 atom stereocenters. The molecular formula is C21H26FN5O2. The van der Waals surface area contributed by atoms with Gasteiger partial charge in [-0.1, -0.05) is 31.8 Å². The first kappa shape index (κ1) is 19.6. The Morgan fingerprint density at radius 2 is 2.03 bits per heavy atom. The number of halogens is 1. The molecule has 0 unspecified atom stereocenters. The summed E-state index contributed by atoms with van der Waals surface area (Å²) in [6.45, 7) is 6.57. The van der Waals surface area contributed by atoms with Gasteiger partial charge in [-0.25, -0.2) is 4.39 Å². The predicted octanol–water partition coefficient (Wildman–Crippen LogP) is 3.73. The first-order chi connectivity index (χ1) is 14.0. The second-order valence-corrected chi connectivity index (χ2v) is 7.63. The monoisotopic (exact) mass is 399 g/mol. The summed E-state index contributed by atoms with van der Waals surface area (Å²) >= 11 is 0. The molecule has 0 saturated heterocycles. The minimum Gasteiger partial charge on any atom is -0.351 e. The van der Waals surface area contributed by atoms with Crippen LogP contribution in [0, 0.1) is 5.82 Å². The van der Waals surface area contributed by atoms with Crippen LogP contribution in [-0.4, -0.2) is 39.0 Å². The number of aromatic nitrogens is 3. The molecule has 1 fully saturated rings. The van der Waals surface area contributed by atoms with Crippen molar-refractivity contribution in [2.24, 2.45) is 0 Å². The molecule has 3 aromatic rings. The SMILES string of the molecule is CCN(CC)Cc1nc(C2(NC(=O)c3cc4cc(F)ccc4[nH]3)CCCC2)no1. The number of benzene rings is 1. The molecule has 1 aliphatic rings. The molecule has 1 amide bonds. The summed E-state index contributed by atoms with van der Waals surface area (Å²) in [6.07, 6.45) is 3.49. The number of carbonyl (C=O) groups excluding carboxylic acids is 1. The zero-order chi connectivity index (χ0) is 20.4. The van der Waals surface area contributed by atoms with Gasteiger partial charge in [0.25, 0.3) is 5.91 Å². The van der Waals surface area contributed by atoms with Crippen molar-refractivity contribution >= 4 is 16.8 Å². The zero-order valence-electron chi connectivity index (χ0n) is 16.8. The maximum atomic E-state index is 13.5. The van der Waals surface area contributed by atoms with Gasteiger partial charge in [-0.15, -0.1) is 0 Å². The van der Waals surface area contributed by atoms with Crippen LogP contribution in [-0.2, 0) is 12.1 Å². The number of hydrogen-bond acceptors (Lipinski definition) is 5. The highest BCUT2D eigenvalue weighted by molar-refractivity contribution is 5.98. The minimum atomic E-state index is -0.634. The number of H-pyrrole nitrogens is 1. The van der Waals surface area contributed by atoms with E-state index in [1.807, 2.05) is 0 Å². The van der Waals surface area contributed by atoms with Crippen molar-refractivity contribution < 1.29 is 13.7 Å². The molecule has 2 heterocycles. The summed E-state index contributed by atoms with van der Waals surface area (Å²) in [6, 6.07) is 6.08. The molecule has 29 heavy (non-hydrogen) atoms. The first-order valence-electron chi connectivity index (χ1n) is 10.2. The number of nitrogens with one attached hydrogen (secondary N) is 2. The molecule has 1 aliphatic carbocycles. The van der Waals surface area contributed by atoms with Crippen molar-refractivity contribution in [2.75, 3.05) is 13.1 Å². The molecule has 0 radical (unpaired) electrons. The van der Waals surface area contributed by atoms with Crippen LogP contribution in [0.3, 0.4) is 0 Å². The molecular weight excluding hydrogens is 373 g/mol. The van der Waals surface area contributed by atoms with Crippen LogP contribution in [0.2, 0.25) is 0 Å². The summed E-state index contributed by atoms with van der Waals surface area (Å²) in [5.41, 5.74) is 0.479. The Labute approximate surface area is 168 Å². The van der Waals surface area contributed by atoms with E-state index in [9.17, 15) is 9.18 Å². The Morgan fingerprint density at radius 3 is 2.76 bits per heavy atom. The van der Waals surface area contributed by atoms with E-state index in [0.717, 1.165) is 44.3 Å². The Hall–Kier alpha value is -2.74. The average Bonchev–Trinajstić information content (AvgIpc) is 3.45. The third kappa shape index (κ3) is 3.89. The normalized spacial score (nSPS) is 16.0. The second kappa shape index (κ2) is 7.94. The van der Waals surface area contributed by atoms with Gasteiger partial charge in [0.15, 0.2) is 5.82 Å². The summed E-state index contributed by atoms with van der Waals surface area (Å²) < 4.78 is 18.9. The predicted molar refractivity (Wildman–Crippen MR) is 107 cm³/mol. The van der Waals surface area contributed by atoms with Crippen molar-refractivity contribution in [2.45, 2.75) is 51.6 Å². The number of carbonyl (C=O) groups is 1. The van der Waals surface area contributed by atoms with E-state index < -0.39 is 5.54 Å². The molecule has 0 bridgehead atoms. The Balaban J connectivity index is 1.56. The van der Waals surface area contributed by atoms with Crippen molar-refractivity contribution in [3.05, 3.63) is 47.5 Å². The summed E-state index contributed by atoms with van der Waals surface area (Å²) in [7, 11) is 0. The number of fused-ring (bicyclic) bond motifs is 1. The van der Waals surface area contributed by atoms with E-state index in [1.54, 1.807) is 12.1 Å². The van der Waals surface area contributed by atoms with Gasteiger partial charge in [0, 0.05) is 10.9 Å². The summed E-state index contributed by atoms with van der Waals surface area (Å²) in [5, 5.41) is 8.00. The topological polar surface area (TPSA) is 87.0 Å². The van der Waals surface area contributed by atoms with Crippen molar-refractivity contribution in [1.29, 1.82) is 0 Å². The highest BCUT2D eigenvalue weighted by Gasteiger charge is 2.41. The second-order valence-electron chi connectivity index (χ2n) is 7.63. The molecule has 2 aromatic heterocycles. The third-order valence-corrected chi connectivity index (χ3v) is 5.79. The Kier molecular flexibility index (Phi) is 5.36. The highest BCUT2D eigenvalue weighted by Crippen LogP contribution is 2.37.